The number of carbonyl (C=O) groups is 1. The summed E-state index contributed by atoms with van der Waals surface area (Å²) in [5.74, 6) is -0.514. The lowest BCUT2D eigenvalue weighted by Crippen LogP contribution is -2.15. The highest BCUT2D eigenvalue weighted by Gasteiger charge is 2.16. The third kappa shape index (κ3) is 2.40. The van der Waals surface area contributed by atoms with Gasteiger partial charge in [-0.2, -0.15) is 4.37 Å². The lowest BCUT2D eigenvalue weighted by molar-refractivity contribution is -0.137. The number of ether oxygens (including phenoxy) is 1. The average Bonchev–Trinajstić information content (AvgIpc) is 2.49. The summed E-state index contributed by atoms with van der Waals surface area (Å²) in [5.41, 5.74) is 6.27. The van der Waals surface area contributed by atoms with E-state index in [2.05, 4.69) is 4.37 Å². The monoisotopic (exact) mass is 202 g/mol. The zero-order valence-corrected chi connectivity index (χ0v) is 7.87. The van der Waals surface area contributed by atoms with Crippen molar-refractivity contribution in [1.29, 1.82) is 0 Å². The maximum atomic E-state index is 10.4. The fourth-order valence-corrected chi connectivity index (χ4v) is 1.65. The summed E-state index contributed by atoms with van der Waals surface area (Å²) in [6, 6.07) is -0.550. The molecule has 6 heteroatoms. The molecule has 0 fully saturated rings. The first kappa shape index (κ1) is 9.94. The molecule has 1 atom stereocenters. The fourth-order valence-electron chi connectivity index (χ4n) is 0.933. The normalized spacial score (nSPS) is 12.5. The van der Waals surface area contributed by atoms with Gasteiger partial charge in [0.15, 0.2) is 0 Å². The number of hydrogen-bond donors (Lipinski definition) is 2. The number of aromatic nitrogens is 1. The largest absolute Gasteiger partial charge is 0.481 e. The number of aliphatic carboxylic acids is 1. The van der Waals surface area contributed by atoms with Crippen molar-refractivity contribution >= 4 is 17.5 Å². The van der Waals surface area contributed by atoms with Gasteiger partial charge in [0, 0.05) is 17.0 Å². The molecule has 0 unspecified atom stereocenters. The topological polar surface area (TPSA) is 85.4 Å². The molecule has 0 aliphatic heterocycles. The van der Waals surface area contributed by atoms with Crippen LogP contribution < -0.4 is 10.5 Å². The van der Waals surface area contributed by atoms with Crippen LogP contribution in [0.1, 0.15) is 18.0 Å². The first-order valence-corrected chi connectivity index (χ1v) is 4.44. The van der Waals surface area contributed by atoms with Gasteiger partial charge in [0.25, 0.3) is 0 Å². The molecule has 0 saturated carbocycles. The Morgan fingerprint density at radius 3 is 3.15 bits per heavy atom. The van der Waals surface area contributed by atoms with Crippen molar-refractivity contribution in [2.24, 2.45) is 5.73 Å². The van der Waals surface area contributed by atoms with Crippen molar-refractivity contribution in [2.75, 3.05) is 7.11 Å². The molecule has 3 N–H and O–H groups in total. The summed E-state index contributed by atoms with van der Waals surface area (Å²) in [7, 11) is 1.48. The number of methoxy groups -OCH3 is 1. The second-order valence-corrected chi connectivity index (χ2v) is 3.11. The predicted octanol–water partition coefficient (Wildman–Crippen LogP) is 0.626. The number of nitrogens with two attached hydrogens (primary N) is 1. The van der Waals surface area contributed by atoms with Crippen LogP contribution in [0, 0.1) is 0 Å². The van der Waals surface area contributed by atoms with Crippen molar-refractivity contribution in [2.45, 2.75) is 12.5 Å². The molecule has 1 aromatic rings. The highest BCUT2D eigenvalue weighted by molar-refractivity contribution is 7.03. The van der Waals surface area contributed by atoms with E-state index >= 15 is 0 Å². The fraction of sp³-hybridized carbons (Fsp3) is 0.429. The van der Waals surface area contributed by atoms with Crippen LogP contribution in [-0.2, 0) is 4.79 Å². The van der Waals surface area contributed by atoms with Gasteiger partial charge in [0.2, 0.25) is 5.88 Å². The van der Waals surface area contributed by atoms with Gasteiger partial charge in [-0.3, -0.25) is 4.79 Å². The molecule has 0 bridgehead atoms. The Bertz CT molecular complexity index is 300. The van der Waals surface area contributed by atoms with Crippen LogP contribution in [-0.4, -0.2) is 22.6 Å². The summed E-state index contributed by atoms with van der Waals surface area (Å²) in [6.45, 7) is 0. The molecule has 5 nitrogen and oxygen atoms in total. The Hall–Kier alpha value is -1.14. The molecule has 0 amide bonds. The minimum Gasteiger partial charge on any atom is -0.481 e. The molecule has 72 valence electrons. The van der Waals surface area contributed by atoms with Gasteiger partial charge in [-0.1, -0.05) is 0 Å². The number of hydrogen-bond acceptors (Lipinski definition) is 5. The molecular formula is C7H10N2O3S. The van der Waals surface area contributed by atoms with Gasteiger partial charge < -0.3 is 15.6 Å². The lowest BCUT2D eigenvalue weighted by atomic mass is 10.1. The third-order valence-electron chi connectivity index (χ3n) is 1.55. The molecule has 0 aliphatic carbocycles. The molecule has 0 radical (unpaired) electrons. The van der Waals surface area contributed by atoms with E-state index in [0.717, 1.165) is 0 Å². The second kappa shape index (κ2) is 4.20. The molecule has 0 aromatic carbocycles. The maximum Gasteiger partial charge on any atom is 0.305 e. The van der Waals surface area contributed by atoms with E-state index in [1.165, 1.54) is 18.6 Å². The summed E-state index contributed by atoms with van der Waals surface area (Å²) in [6.07, 6.45) is -0.116. The van der Waals surface area contributed by atoms with Crippen LogP contribution in [0.4, 0.5) is 0 Å². The van der Waals surface area contributed by atoms with Gasteiger partial charge in [-0.05, 0) is 11.5 Å². The van der Waals surface area contributed by atoms with Crippen molar-refractivity contribution in [3.05, 3.63) is 10.9 Å². The summed E-state index contributed by atoms with van der Waals surface area (Å²) >= 11 is 1.20. The summed E-state index contributed by atoms with van der Waals surface area (Å²) in [4.78, 5) is 10.4. The highest BCUT2D eigenvalue weighted by atomic mass is 32.1. The third-order valence-corrected chi connectivity index (χ3v) is 2.18. The Morgan fingerprint density at radius 2 is 2.62 bits per heavy atom. The Kier molecular flexibility index (Phi) is 3.21. The minimum absolute atomic E-state index is 0.116. The molecule has 0 spiro atoms. The molecule has 0 aliphatic rings. The van der Waals surface area contributed by atoms with E-state index in [1.807, 2.05) is 0 Å². The molecule has 1 heterocycles. The van der Waals surface area contributed by atoms with Crippen molar-refractivity contribution < 1.29 is 14.6 Å². The van der Waals surface area contributed by atoms with Crippen molar-refractivity contribution in [1.82, 2.24) is 4.37 Å². The van der Waals surface area contributed by atoms with E-state index in [0.29, 0.717) is 11.4 Å². The number of carboxylic acid groups (broad SMARTS) is 1. The van der Waals surface area contributed by atoms with Crippen molar-refractivity contribution in [3.63, 3.8) is 0 Å². The zero-order chi connectivity index (χ0) is 9.84. The van der Waals surface area contributed by atoms with E-state index in [-0.39, 0.29) is 6.42 Å². The van der Waals surface area contributed by atoms with Crippen LogP contribution in [0.15, 0.2) is 5.38 Å². The Labute approximate surface area is 79.3 Å². The zero-order valence-electron chi connectivity index (χ0n) is 7.06. The summed E-state index contributed by atoms with van der Waals surface area (Å²) in [5, 5.41) is 10.2. The lowest BCUT2D eigenvalue weighted by Gasteiger charge is -2.07. The van der Waals surface area contributed by atoms with Crippen molar-refractivity contribution in [3.8, 4) is 5.88 Å². The minimum atomic E-state index is -0.930. The van der Waals surface area contributed by atoms with Gasteiger partial charge in [-0.15, -0.1) is 0 Å². The number of rotatable bonds is 4. The Balaban J connectivity index is 2.75. The number of carboxylic acids is 1. The van der Waals surface area contributed by atoms with E-state index in [4.69, 9.17) is 15.6 Å². The van der Waals surface area contributed by atoms with Gasteiger partial charge in [0.1, 0.15) is 0 Å². The van der Waals surface area contributed by atoms with Gasteiger partial charge >= 0.3 is 5.97 Å². The van der Waals surface area contributed by atoms with Crippen LogP contribution >= 0.6 is 11.5 Å². The van der Waals surface area contributed by atoms with Crippen LogP contribution in [0.3, 0.4) is 0 Å². The van der Waals surface area contributed by atoms with E-state index < -0.39 is 12.0 Å². The average molecular weight is 202 g/mol. The molecule has 1 rings (SSSR count). The van der Waals surface area contributed by atoms with E-state index in [9.17, 15) is 4.79 Å². The first-order valence-electron chi connectivity index (χ1n) is 3.60. The van der Waals surface area contributed by atoms with Gasteiger partial charge in [-0.25, -0.2) is 0 Å². The predicted molar refractivity (Wildman–Crippen MR) is 47.8 cm³/mol. The second-order valence-electron chi connectivity index (χ2n) is 2.48. The molecule has 13 heavy (non-hydrogen) atoms. The highest BCUT2D eigenvalue weighted by Crippen LogP contribution is 2.25. The van der Waals surface area contributed by atoms with Crippen LogP contribution in [0.2, 0.25) is 0 Å². The first-order chi connectivity index (χ1) is 6.15. The molecule has 0 saturated heterocycles. The van der Waals surface area contributed by atoms with E-state index in [1.54, 1.807) is 5.38 Å². The molecular weight excluding hydrogens is 192 g/mol. The number of nitrogens with zero attached hydrogens (tertiary/aromatic N) is 1. The Morgan fingerprint density at radius 1 is 1.92 bits per heavy atom. The smallest absolute Gasteiger partial charge is 0.305 e. The maximum absolute atomic E-state index is 10.4. The van der Waals surface area contributed by atoms with Gasteiger partial charge in [0.05, 0.1) is 13.5 Å². The van der Waals surface area contributed by atoms with Crippen LogP contribution in [0.25, 0.3) is 0 Å². The molecule has 1 aromatic heterocycles. The standard InChI is InChI=1S/C7H10N2O3S/c1-12-7-4(3-13-9-7)5(8)2-6(10)11/h3,5H,2,8H2,1H3,(H,10,11)/t5-/m1/s1. The summed E-state index contributed by atoms with van der Waals surface area (Å²) < 4.78 is 8.82. The quantitative estimate of drug-likeness (QED) is 0.747. The van der Waals surface area contributed by atoms with Crippen LogP contribution in [0.5, 0.6) is 5.88 Å². The SMILES string of the molecule is COc1nscc1[C@H](N)CC(=O)O.